The van der Waals surface area contributed by atoms with Crippen molar-refractivity contribution in [2.24, 2.45) is 5.92 Å². The van der Waals surface area contributed by atoms with Crippen LogP contribution in [0.15, 0.2) is 0 Å². The molecule has 468 valence electrons. The molecule has 17 nitrogen and oxygen atoms in total. The summed E-state index contributed by atoms with van der Waals surface area (Å²) in [5.74, 6) is -1.45. The van der Waals surface area contributed by atoms with Crippen molar-refractivity contribution < 1.29 is 80.2 Å². The van der Waals surface area contributed by atoms with Crippen LogP contribution in [0.25, 0.3) is 0 Å². The molecule has 79 heavy (non-hydrogen) atoms. The van der Waals surface area contributed by atoms with E-state index in [2.05, 4.69) is 34.6 Å². The summed E-state index contributed by atoms with van der Waals surface area (Å²) in [7, 11) is -9.87. The lowest BCUT2D eigenvalue weighted by atomic mass is 10.0. The monoisotopic (exact) mass is 1170 g/mol. The van der Waals surface area contributed by atoms with Gasteiger partial charge in [0, 0.05) is 25.7 Å². The topological polar surface area (TPSA) is 237 Å². The van der Waals surface area contributed by atoms with Gasteiger partial charge in [-0.25, -0.2) is 9.13 Å². The molecule has 5 atom stereocenters. The van der Waals surface area contributed by atoms with E-state index in [0.717, 1.165) is 89.9 Å². The van der Waals surface area contributed by atoms with Crippen molar-refractivity contribution in [2.75, 3.05) is 39.6 Å². The van der Waals surface area contributed by atoms with E-state index in [0.29, 0.717) is 31.6 Å². The Bertz CT molecular complexity index is 1550. The molecule has 0 aromatic rings. The summed E-state index contributed by atoms with van der Waals surface area (Å²) in [6.07, 6.45) is 36.2. The molecule has 0 aromatic heterocycles. The number of unbranched alkanes of at least 4 members (excludes halogenated alkanes) is 32. The Hall–Kier alpha value is -1.94. The van der Waals surface area contributed by atoms with Crippen LogP contribution >= 0.6 is 15.6 Å². The number of hydrogen-bond acceptors (Lipinski definition) is 15. The second kappa shape index (κ2) is 54.0. The van der Waals surface area contributed by atoms with Crippen molar-refractivity contribution in [1.29, 1.82) is 0 Å². The summed E-state index contributed by atoms with van der Waals surface area (Å²) in [6.45, 7) is 7.07. The quantitative estimate of drug-likeness (QED) is 0.0222. The number of rotatable bonds is 60. The third kappa shape index (κ3) is 55.0. The van der Waals surface area contributed by atoms with Crippen molar-refractivity contribution in [3.05, 3.63) is 0 Å². The first-order chi connectivity index (χ1) is 38.0. The molecule has 3 N–H and O–H groups in total. The van der Waals surface area contributed by atoms with Crippen molar-refractivity contribution in [3.8, 4) is 0 Å². The van der Waals surface area contributed by atoms with Gasteiger partial charge in [0.05, 0.1) is 26.4 Å². The first-order valence-corrected chi connectivity index (χ1v) is 34.6. The zero-order valence-electron chi connectivity index (χ0n) is 50.5. The van der Waals surface area contributed by atoms with Crippen LogP contribution in [-0.4, -0.2) is 96.7 Å². The molecule has 0 saturated carbocycles. The van der Waals surface area contributed by atoms with Gasteiger partial charge in [0.2, 0.25) is 0 Å². The molecule has 0 fully saturated rings. The number of phosphoric ester groups is 2. The number of carbonyl (C=O) groups excluding carboxylic acids is 4. The minimum absolute atomic E-state index is 0.104. The molecule has 19 heteroatoms. The van der Waals surface area contributed by atoms with Gasteiger partial charge in [0.25, 0.3) is 0 Å². The smallest absolute Gasteiger partial charge is 0.462 e. The Labute approximate surface area is 479 Å². The number of aliphatic hydroxyl groups excluding tert-OH is 1. The minimum Gasteiger partial charge on any atom is -0.462 e. The number of esters is 4. The maximum Gasteiger partial charge on any atom is 0.472 e. The molecule has 0 radical (unpaired) electrons. The molecule has 0 heterocycles. The van der Waals surface area contributed by atoms with Crippen LogP contribution < -0.4 is 0 Å². The fourth-order valence-electron chi connectivity index (χ4n) is 8.88. The van der Waals surface area contributed by atoms with Crippen LogP contribution in [0.5, 0.6) is 0 Å². The molecule has 0 amide bonds. The summed E-state index contributed by atoms with van der Waals surface area (Å²) < 4.78 is 67.7. The van der Waals surface area contributed by atoms with E-state index < -0.39 is 97.5 Å². The molecule has 2 unspecified atom stereocenters. The highest BCUT2D eigenvalue weighted by Crippen LogP contribution is 2.45. The highest BCUT2D eigenvalue weighted by molar-refractivity contribution is 7.47. The van der Waals surface area contributed by atoms with E-state index in [1.807, 2.05) is 0 Å². The molecule has 0 aromatic carbocycles. The van der Waals surface area contributed by atoms with Gasteiger partial charge in [-0.2, -0.15) is 0 Å². The lowest BCUT2D eigenvalue weighted by Gasteiger charge is -2.21. The van der Waals surface area contributed by atoms with E-state index in [9.17, 15) is 43.2 Å². The maximum atomic E-state index is 12.9. The largest absolute Gasteiger partial charge is 0.472 e. The number of phosphoric acid groups is 2. The van der Waals surface area contributed by atoms with Crippen molar-refractivity contribution in [2.45, 2.75) is 316 Å². The first kappa shape index (κ1) is 77.1. The second-order valence-electron chi connectivity index (χ2n) is 22.2. The number of hydrogen-bond donors (Lipinski definition) is 3. The number of ether oxygens (including phenoxy) is 4. The van der Waals surface area contributed by atoms with Crippen LogP contribution in [0.1, 0.15) is 298 Å². The third-order valence-corrected chi connectivity index (χ3v) is 15.7. The molecular weight excluding hydrogens is 1050 g/mol. The SMILES string of the molecule is CCCCCCCCCCCCC(=O)OC[C@H](COP(=O)(O)OC[C@@H](O)COP(=O)(O)OC[C@@H](COC(=O)CCCCCCCCCCC)OC(=O)CCCCCCCCCCCC)OC(=O)CCCCCCCCCC(C)C. The lowest BCUT2D eigenvalue weighted by Crippen LogP contribution is -2.30. The average molecular weight is 1170 g/mol. The molecule has 0 aliphatic rings. The van der Waals surface area contributed by atoms with Crippen LogP contribution in [0, 0.1) is 5.92 Å². The highest BCUT2D eigenvalue weighted by Gasteiger charge is 2.30. The zero-order valence-corrected chi connectivity index (χ0v) is 52.3. The Morgan fingerprint density at radius 3 is 0.861 bits per heavy atom. The Morgan fingerprint density at radius 2 is 0.582 bits per heavy atom. The third-order valence-electron chi connectivity index (χ3n) is 13.8. The highest BCUT2D eigenvalue weighted by atomic mass is 31.2. The lowest BCUT2D eigenvalue weighted by molar-refractivity contribution is -0.161. The van der Waals surface area contributed by atoms with E-state index in [4.69, 9.17) is 37.0 Å². The van der Waals surface area contributed by atoms with Gasteiger partial charge >= 0.3 is 39.5 Å². The second-order valence-corrected chi connectivity index (χ2v) is 25.1. The average Bonchev–Trinajstić information content (AvgIpc) is 3.41. The van der Waals surface area contributed by atoms with Crippen LogP contribution in [0.3, 0.4) is 0 Å². The van der Waals surface area contributed by atoms with Gasteiger partial charge in [-0.1, -0.05) is 247 Å². The number of aliphatic hydroxyl groups is 1. The Balaban J connectivity index is 5.23. The van der Waals surface area contributed by atoms with Gasteiger partial charge < -0.3 is 33.8 Å². The predicted octanol–water partition coefficient (Wildman–Crippen LogP) is 16.2. The molecule has 0 rings (SSSR count). The molecular formula is C60H116O17P2. The molecule has 0 spiro atoms. The normalized spacial score (nSPS) is 14.3. The fraction of sp³-hybridized carbons (Fsp3) is 0.933. The van der Waals surface area contributed by atoms with Crippen molar-refractivity contribution in [1.82, 2.24) is 0 Å². The van der Waals surface area contributed by atoms with Gasteiger partial charge in [-0.05, 0) is 31.6 Å². The molecule has 0 saturated heterocycles. The van der Waals surface area contributed by atoms with Gasteiger partial charge in [-0.15, -0.1) is 0 Å². The fourth-order valence-corrected chi connectivity index (χ4v) is 10.5. The van der Waals surface area contributed by atoms with Gasteiger partial charge in [0.1, 0.15) is 19.3 Å². The van der Waals surface area contributed by atoms with E-state index in [1.54, 1.807) is 0 Å². The van der Waals surface area contributed by atoms with Crippen LogP contribution in [0.4, 0.5) is 0 Å². The van der Waals surface area contributed by atoms with Crippen LogP contribution in [-0.2, 0) is 65.4 Å². The first-order valence-electron chi connectivity index (χ1n) is 31.6. The molecule has 0 bridgehead atoms. The summed E-state index contributed by atoms with van der Waals surface area (Å²) in [4.78, 5) is 71.9. The Kier molecular flexibility index (Phi) is 52.7. The van der Waals surface area contributed by atoms with E-state index >= 15 is 0 Å². The van der Waals surface area contributed by atoms with Crippen LogP contribution in [0.2, 0.25) is 0 Å². The minimum atomic E-state index is -4.94. The maximum absolute atomic E-state index is 12.9. The zero-order chi connectivity index (χ0) is 58.5. The molecule has 0 aliphatic heterocycles. The van der Waals surface area contributed by atoms with Gasteiger partial charge in [-0.3, -0.25) is 37.3 Å². The molecule has 0 aliphatic carbocycles. The van der Waals surface area contributed by atoms with E-state index in [1.165, 1.54) is 122 Å². The Morgan fingerprint density at radius 1 is 0.342 bits per heavy atom. The summed E-state index contributed by atoms with van der Waals surface area (Å²) in [5, 5.41) is 10.5. The predicted molar refractivity (Wildman–Crippen MR) is 312 cm³/mol. The number of carbonyl (C=O) groups is 4. The van der Waals surface area contributed by atoms with Crippen molar-refractivity contribution in [3.63, 3.8) is 0 Å². The van der Waals surface area contributed by atoms with E-state index in [-0.39, 0.29) is 25.7 Å². The summed E-state index contributed by atoms with van der Waals surface area (Å²) >= 11 is 0. The summed E-state index contributed by atoms with van der Waals surface area (Å²) in [6, 6.07) is 0. The standard InChI is InChI=1S/C60H116O17P2/c1-6-9-12-15-18-21-24-29-34-39-44-58(63)71-50-56(77-60(65)46-41-36-31-26-27-32-37-42-53(4)5)52-75-79(68,69)73-48-54(61)47-72-78(66,67)74-51-55(49-70-57(62)43-38-33-28-23-20-17-14-11-8-3)76-59(64)45-40-35-30-25-22-19-16-13-10-7-2/h53-56,61H,6-52H2,1-5H3,(H,66,67)(H,68,69)/t54-,55+,56+/m0/s1. The van der Waals surface area contributed by atoms with Gasteiger partial charge in [0.15, 0.2) is 12.2 Å². The summed E-state index contributed by atoms with van der Waals surface area (Å²) in [5.41, 5.74) is 0. The van der Waals surface area contributed by atoms with Crippen molar-refractivity contribution >= 4 is 39.5 Å².